The van der Waals surface area contributed by atoms with Crippen molar-refractivity contribution in [3.8, 4) is 0 Å². The molecule has 0 spiro atoms. The normalized spacial score (nSPS) is 11.1. The van der Waals surface area contributed by atoms with Gasteiger partial charge in [0.2, 0.25) is 0 Å². The lowest BCUT2D eigenvalue weighted by atomic mass is 10.4. The summed E-state index contributed by atoms with van der Waals surface area (Å²) in [6.45, 7) is 0.473. The second-order valence-corrected chi connectivity index (χ2v) is 5.33. The molecule has 3 heterocycles. The predicted molar refractivity (Wildman–Crippen MR) is 69.4 cm³/mol. The molecule has 0 radical (unpaired) electrons. The molecule has 0 aromatic carbocycles. The maximum absolute atomic E-state index is 11.7. The fourth-order valence-corrected chi connectivity index (χ4v) is 3.09. The highest BCUT2D eigenvalue weighted by atomic mass is 79.9. The summed E-state index contributed by atoms with van der Waals surface area (Å²) < 4.78 is 7.66. The molecule has 3 aromatic heterocycles. The minimum atomic E-state index is -0.376. The molecule has 0 amide bonds. The molecule has 0 fully saturated rings. The zero-order chi connectivity index (χ0) is 11.8. The summed E-state index contributed by atoms with van der Waals surface area (Å²) >= 11 is 5.03. The molecule has 3 rings (SSSR count). The molecule has 6 heteroatoms. The van der Waals surface area contributed by atoms with Crippen LogP contribution in [0.25, 0.3) is 11.2 Å². The number of thiophene rings is 1. The van der Waals surface area contributed by atoms with E-state index >= 15 is 0 Å². The van der Waals surface area contributed by atoms with Crippen LogP contribution in [0.1, 0.15) is 4.88 Å². The van der Waals surface area contributed by atoms with Crippen LogP contribution in [-0.4, -0.2) is 9.55 Å². The van der Waals surface area contributed by atoms with Crippen molar-refractivity contribution in [3.05, 3.63) is 49.7 Å². The molecule has 0 aliphatic rings. The first-order valence-corrected chi connectivity index (χ1v) is 6.59. The molecule has 0 unspecified atom stereocenters. The van der Waals surface area contributed by atoms with Crippen molar-refractivity contribution in [1.82, 2.24) is 9.55 Å². The number of aromatic nitrogens is 2. The Morgan fingerprint density at radius 1 is 1.47 bits per heavy atom. The van der Waals surface area contributed by atoms with Gasteiger partial charge in [0.05, 0.1) is 6.54 Å². The molecular weight excluding hydrogens is 304 g/mol. The van der Waals surface area contributed by atoms with Crippen molar-refractivity contribution in [2.75, 3.05) is 0 Å². The quantitative estimate of drug-likeness (QED) is 0.731. The summed E-state index contributed by atoms with van der Waals surface area (Å²) in [6.07, 6.45) is 1.65. The third kappa shape index (κ3) is 1.83. The first-order chi connectivity index (χ1) is 8.25. The molecular formula is C11H7BrN2O2S. The number of nitrogens with zero attached hydrogens (tertiary/aromatic N) is 2. The van der Waals surface area contributed by atoms with E-state index in [9.17, 15) is 4.79 Å². The Morgan fingerprint density at radius 3 is 3.12 bits per heavy atom. The Bertz CT molecular complexity index is 728. The van der Waals surface area contributed by atoms with Crippen molar-refractivity contribution < 1.29 is 4.42 Å². The zero-order valence-electron chi connectivity index (χ0n) is 8.59. The van der Waals surface area contributed by atoms with Crippen molar-refractivity contribution >= 4 is 38.5 Å². The maximum Gasteiger partial charge on any atom is 0.421 e. The highest BCUT2D eigenvalue weighted by Gasteiger charge is 2.12. The second kappa shape index (κ2) is 4.12. The number of hydrogen-bond donors (Lipinski definition) is 0. The largest absolute Gasteiger partial charge is 0.421 e. The van der Waals surface area contributed by atoms with Gasteiger partial charge in [-0.25, -0.2) is 9.78 Å². The average molecular weight is 311 g/mol. The number of pyridine rings is 1. The lowest BCUT2D eigenvalue weighted by molar-refractivity contribution is 0.518. The lowest BCUT2D eigenvalue weighted by Crippen LogP contribution is -2.14. The minimum Gasteiger partial charge on any atom is -0.406 e. The number of halogens is 1. The van der Waals surface area contributed by atoms with Gasteiger partial charge in [0.1, 0.15) is 0 Å². The Hall–Kier alpha value is -1.40. The summed E-state index contributed by atoms with van der Waals surface area (Å²) in [5, 5.41) is 1.97. The zero-order valence-corrected chi connectivity index (χ0v) is 11.0. The first-order valence-electron chi connectivity index (χ1n) is 4.92. The topological polar surface area (TPSA) is 48.0 Å². The molecule has 3 aromatic rings. The van der Waals surface area contributed by atoms with Gasteiger partial charge < -0.3 is 4.42 Å². The number of oxazole rings is 1. The summed E-state index contributed by atoms with van der Waals surface area (Å²) in [5.74, 6) is -0.376. The molecule has 0 N–H and O–H groups in total. The molecule has 0 aliphatic carbocycles. The van der Waals surface area contributed by atoms with E-state index in [0.29, 0.717) is 17.8 Å². The standard InChI is InChI=1S/C11H7BrN2O2S/c12-7-3-5-17-9(7)6-14-10-8(16-11(14)15)2-1-4-13-10/h1-5H,6H2. The number of rotatable bonds is 2. The van der Waals surface area contributed by atoms with E-state index in [2.05, 4.69) is 20.9 Å². The molecule has 17 heavy (non-hydrogen) atoms. The Kier molecular flexibility index (Phi) is 2.60. The van der Waals surface area contributed by atoms with Gasteiger partial charge in [-0.2, -0.15) is 0 Å². The Labute approximate surface area is 109 Å². The molecule has 0 saturated carbocycles. The molecule has 86 valence electrons. The highest BCUT2D eigenvalue weighted by molar-refractivity contribution is 9.10. The van der Waals surface area contributed by atoms with Gasteiger partial charge in [-0.3, -0.25) is 4.57 Å². The van der Waals surface area contributed by atoms with Crippen LogP contribution in [0.2, 0.25) is 0 Å². The van der Waals surface area contributed by atoms with E-state index in [1.807, 2.05) is 11.4 Å². The second-order valence-electron chi connectivity index (χ2n) is 3.47. The molecule has 0 aliphatic heterocycles. The van der Waals surface area contributed by atoms with Gasteiger partial charge in [0, 0.05) is 15.5 Å². The van der Waals surface area contributed by atoms with Crippen LogP contribution in [0.4, 0.5) is 0 Å². The third-order valence-corrected chi connectivity index (χ3v) is 4.33. The SMILES string of the molecule is O=c1oc2cccnc2n1Cc1sccc1Br. The fourth-order valence-electron chi connectivity index (χ4n) is 1.62. The van der Waals surface area contributed by atoms with Gasteiger partial charge in [0.15, 0.2) is 11.2 Å². The summed E-state index contributed by atoms with van der Waals surface area (Å²) in [5.41, 5.74) is 1.10. The van der Waals surface area contributed by atoms with Crippen LogP contribution in [0.3, 0.4) is 0 Å². The van der Waals surface area contributed by atoms with Gasteiger partial charge in [-0.1, -0.05) is 0 Å². The molecule has 0 atom stereocenters. The van der Waals surface area contributed by atoms with Gasteiger partial charge in [0.25, 0.3) is 0 Å². The lowest BCUT2D eigenvalue weighted by Gasteiger charge is -1.99. The van der Waals surface area contributed by atoms with Crippen LogP contribution in [0.15, 0.2) is 43.5 Å². The van der Waals surface area contributed by atoms with Crippen molar-refractivity contribution in [3.63, 3.8) is 0 Å². The summed E-state index contributed by atoms with van der Waals surface area (Å²) in [4.78, 5) is 17.0. The van der Waals surface area contributed by atoms with E-state index < -0.39 is 0 Å². The highest BCUT2D eigenvalue weighted by Crippen LogP contribution is 2.24. The van der Waals surface area contributed by atoms with Crippen molar-refractivity contribution in [2.45, 2.75) is 6.54 Å². The first kappa shape index (κ1) is 10.7. The van der Waals surface area contributed by atoms with Crippen LogP contribution >= 0.6 is 27.3 Å². The van der Waals surface area contributed by atoms with Crippen LogP contribution in [-0.2, 0) is 6.54 Å². The molecule has 4 nitrogen and oxygen atoms in total. The van der Waals surface area contributed by atoms with E-state index in [1.165, 1.54) is 4.57 Å². The predicted octanol–water partition coefficient (Wildman–Crippen LogP) is 2.86. The monoisotopic (exact) mass is 310 g/mol. The number of fused-ring (bicyclic) bond motifs is 1. The van der Waals surface area contributed by atoms with Gasteiger partial charge >= 0.3 is 5.76 Å². The molecule has 0 bridgehead atoms. The van der Waals surface area contributed by atoms with E-state index in [-0.39, 0.29) is 5.76 Å². The van der Waals surface area contributed by atoms with Crippen LogP contribution < -0.4 is 5.76 Å². The maximum atomic E-state index is 11.7. The van der Waals surface area contributed by atoms with E-state index in [1.54, 1.807) is 29.7 Å². The van der Waals surface area contributed by atoms with Crippen molar-refractivity contribution in [1.29, 1.82) is 0 Å². The minimum absolute atomic E-state index is 0.376. The van der Waals surface area contributed by atoms with Crippen LogP contribution in [0, 0.1) is 0 Å². The fraction of sp³-hybridized carbons (Fsp3) is 0.0909. The smallest absolute Gasteiger partial charge is 0.406 e. The number of hydrogen-bond acceptors (Lipinski definition) is 4. The van der Waals surface area contributed by atoms with E-state index in [4.69, 9.17) is 4.42 Å². The average Bonchev–Trinajstić information content (AvgIpc) is 2.85. The Balaban J connectivity index is 2.15. The molecule has 0 saturated heterocycles. The van der Waals surface area contributed by atoms with Crippen LogP contribution in [0.5, 0.6) is 0 Å². The third-order valence-electron chi connectivity index (χ3n) is 2.42. The van der Waals surface area contributed by atoms with Crippen molar-refractivity contribution in [2.24, 2.45) is 0 Å². The summed E-state index contributed by atoms with van der Waals surface area (Å²) in [7, 11) is 0. The van der Waals surface area contributed by atoms with Gasteiger partial charge in [-0.05, 0) is 39.5 Å². The summed E-state index contributed by atoms with van der Waals surface area (Å²) in [6, 6.07) is 5.45. The van der Waals surface area contributed by atoms with Gasteiger partial charge in [-0.15, -0.1) is 11.3 Å². The Morgan fingerprint density at radius 2 is 2.35 bits per heavy atom. The van der Waals surface area contributed by atoms with E-state index in [0.717, 1.165) is 9.35 Å².